The zero-order valence-electron chi connectivity index (χ0n) is 10.5. The van der Waals surface area contributed by atoms with Gasteiger partial charge >= 0.3 is 0 Å². The summed E-state index contributed by atoms with van der Waals surface area (Å²) >= 11 is 5.74. The number of halogens is 2. The highest BCUT2D eigenvalue weighted by molar-refractivity contribution is 7.92. The number of nitrogens with two attached hydrogens (primary N) is 1. The van der Waals surface area contributed by atoms with E-state index in [2.05, 4.69) is 4.72 Å². The zero-order chi connectivity index (χ0) is 14.9. The highest BCUT2D eigenvalue weighted by Gasteiger charge is 2.18. The van der Waals surface area contributed by atoms with Crippen LogP contribution in [0.3, 0.4) is 0 Å². The maximum absolute atomic E-state index is 13.7. The molecular formula is C13H12ClFN2O2S. The van der Waals surface area contributed by atoms with Crippen LogP contribution in [0, 0.1) is 12.7 Å². The van der Waals surface area contributed by atoms with Gasteiger partial charge in [0.2, 0.25) is 0 Å². The van der Waals surface area contributed by atoms with E-state index in [0.29, 0.717) is 5.56 Å². The second kappa shape index (κ2) is 5.30. The summed E-state index contributed by atoms with van der Waals surface area (Å²) < 4.78 is 40.3. The van der Waals surface area contributed by atoms with Crippen LogP contribution in [0.4, 0.5) is 15.8 Å². The van der Waals surface area contributed by atoms with Crippen molar-refractivity contribution in [3.05, 3.63) is 52.8 Å². The molecule has 0 aliphatic carbocycles. The maximum atomic E-state index is 13.7. The Balaban J connectivity index is 2.43. The number of benzene rings is 2. The van der Waals surface area contributed by atoms with E-state index in [9.17, 15) is 12.8 Å². The standard InChI is InChI=1S/C13H12ClFN2O2S/c1-8-3-2-4-11(15)13(8)17-20(18,19)9-5-6-10(14)12(16)7-9/h2-7,17H,16H2,1H3. The SMILES string of the molecule is Cc1cccc(F)c1NS(=O)(=O)c1ccc(Cl)c(N)c1. The summed E-state index contributed by atoms with van der Waals surface area (Å²) in [6.45, 7) is 1.61. The number of para-hydroxylation sites is 1. The van der Waals surface area contributed by atoms with Gasteiger partial charge in [0.25, 0.3) is 10.0 Å². The van der Waals surface area contributed by atoms with Crippen LogP contribution in [0.15, 0.2) is 41.3 Å². The summed E-state index contributed by atoms with van der Waals surface area (Å²) in [6.07, 6.45) is 0. The van der Waals surface area contributed by atoms with Crippen molar-refractivity contribution in [1.29, 1.82) is 0 Å². The number of nitrogen functional groups attached to an aromatic ring is 1. The molecule has 4 nitrogen and oxygen atoms in total. The van der Waals surface area contributed by atoms with Crippen LogP contribution in [0.1, 0.15) is 5.56 Å². The summed E-state index contributed by atoms with van der Waals surface area (Å²) in [5.74, 6) is -0.643. The van der Waals surface area contributed by atoms with Crippen LogP contribution in [0.25, 0.3) is 0 Å². The number of rotatable bonds is 3. The number of sulfonamides is 1. The number of aryl methyl sites for hydroxylation is 1. The molecule has 0 fully saturated rings. The Morgan fingerprint density at radius 1 is 1.25 bits per heavy atom. The van der Waals surface area contributed by atoms with Crippen LogP contribution < -0.4 is 10.5 Å². The zero-order valence-corrected chi connectivity index (χ0v) is 12.1. The largest absolute Gasteiger partial charge is 0.397 e. The average Bonchev–Trinajstić information content (AvgIpc) is 2.37. The third-order valence-electron chi connectivity index (χ3n) is 2.74. The van der Waals surface area contributed by atoms with Crippen LogP contribution >= 0.6 is 11.6 Å². The van der Waals surface area contributed by atoms with Crippen LogP contribution in [0.5, 0.6) is 0 Å². The fourth-order valence-corrected chi connectivity index (χ4v) is 2.94. The van der Waals surface area contributed by atoms with Crippen molar-refractivity contribution in [2.75, 3.05) is 10.5 Å². The molecule has 0 heterocycles. The smallest absolute Gasteiger partial charge is 0.262 e. The van der Waals surface area contributed by atoms with Crippen molar-refractivity contribution < 1.29 is 12.8 Å². The first kappa shape index (κ1) is 14.6. The lowest BCUT2D eigenvalue weighted by atomic mass is 10.2. The average molecular weight is 315 g/mol. The lowest BCUT2D eigenvalue weighted by Crippen LogP contribution is -2.15. The van der Waals surface area contributed by atoms with Crippen molar-refractivity contribution in [3.63, 3.8) is 0 Å². The van der Waals surface area contributed by atoms with E-state index < -0.39 is 15.8 Å². The topological polar surface area (TPSA) is 72.2 Å². The maximum Gasteiger partial charge on any atom is 0.262 e. The summed E-state index contributed by atoms with van der Waals surface area (Å²) in [7, 11) is -3.93. The first-order valence-electron chi connectivity index (χ1n) is 5.64. The van der Waals surface area contributed by atoms with E-state index in [1.165, 1.54) is 30.3 Å². The first-order valence-corrected chi connectivity index (χ1v) is 7.50. The Morgan fingerprint density at radius 2 is 1.95 bits per heavy atom. The van der Waals surface area contributed by atoms with E-state index in [1.807, 2.05) is 0 Å². The number of anilines is 2. The molecule has 0 bridgehead atoms. The summed E-state index contributed by atoms with van der Waals surface area (Å²) in [5.41, 5.74) is 6.11. The predicted molar refractivity (Wildman–Crippen MR) is 77.8 cm³/mol. The van der Waals surface area contributed by atoms with Crippen LogP contribution in [0.2, 0.25) is 5.02 Å². The molecule has 7 heteroatoms. The first-order chi connectivity index (χ1) is 9.31. The molecule has 0 saturated heterocycles. The van der Waals surface area contributed by atoms with Crippen molar-refractivity contribution >= 4 is 33.0 Å². The van der Waals surface area contributed by atoms with Gasteiger partial charge in [-0.25, -0.2) is 12.8 Å². The molecule has 0 atom stereocenters. The van der Waals surface area contributed by atoms with Gasteiger partial charge in [0.1, 0.15) is 5.82 Å². The van der Waals surface area contributed by atoms with E-state index in [1.54, 1.807) is 13.0 Å². The van der Waals surface area contributed by atoms with Gasteiger partial charge in [-0.15, -0.1) is 0 Å². The molecule has 2 aromatic carbocycles. The van der Waals surface area contributed by atoms with E-state index in [0.717, 1.165) is 0 Å². The van der Waals surface area contributed by atoms with Gasteiger partial charge in [-0.2, -0.15) is 0 Å². The van der Waals surface area contributed by atoms with Crippen molar-refractivity contribution in [2.45, 2.75) is 11.8 Å². The van der Waals surface area contributed by atoms with Gasteiger partial charge in [0.15, 0.2) is 0 Å². The Kier molecular flexibility index (Phi) is 3.87. The Labute approximate surface area is 121 Å². The lowest BCUT2D eigenvalue weighted by molar-refractivity contribution is 0.598. The minimum absolute atomic E-state index is 0.0814. The monoisotopic (exact) mass is 314 g/mol. The molecule has 0 saturated carbocycles. The van der Waals surface area contributed by atoms with Gasteiger partial charge in [-0.1, -0.05) is 23.7 Å². The fourth-order valence-electron chi connectivity index (χ4n) is 1.64. The van der Waals surface area contributed by atoms with Gasteiger partial charge in [-0.05, 0) is 36.8 Å². The second-order valence-electron chi connectivity index (χ2n) is 4.22. The molecule has 0 aromatic heterocycles. The molecule has 0 radical (unpaired) electrons. The summed E-state index contributed by atoms with van der Waals surface area (Å²) in [6, 6.07) is 8.19. The third-order valence-corrected chi connectivity index (χ3v) is 4.43. The van der Waals surface area contributed by atoms with Crippen molar-refractivity contribution in [1.82, 2.24) is 0 Å². The normalized spacial score (nSPS) is 11.3. The number of hydrogen-bond donors (Lipinski definition) is 2. The van der Waals surface area contributed by atoms with Crippen molar-refractivity contribution in [2.24, 2.45) is 0 Å². The van der Waals surface area contributed by atoms with Gasteiger partial charge < -0.3 is 5.73 Å². The molecule has 0 unspecified atom stereocenters. The molecular weight excluding hydrogens is 303 g/mol. The Bertz CT molecular complexity index is 743. The third kappa shape index (κ3) is 2.86. The molecule has 3 N–H and O–H groups in total. The highest BCUT2D eigenvalue weighted by atomic mass is 35.5. The second-order valence-corrected chi connectivity index (χ2v) is 6.31. The molecule has 0 amide bonds. The summed E-state index contributed by atoms with van der Waals surface area (Å²) in [5, 5.41) is 0.256. The van der Waals surface area contributed by atoms with Crippen LogP contribution in [-0.4, -0.2) is 8.42 Å². The van der Waals surface area contributed by atoms with Crippen LogP contribution in [-0.2, 0) is 10.0 Å². The van der Waals surface area contributed by atoms with Gasteiger partial charge in [0, 0.05) is 0 Å². The Hall–Kier alpha value is -1.79. The molecule has 0 spiro atoms. The summed E-state index contributed by atoms with van der Waals surface area (Å²) in [4.78, 5) is -0.0814. The molecule has 2 aromatic rings. The fraction of sp³-hybridized carbons (Fsp3) is 0.0769. The minimum atomic E-state index is -3.93. The number of hydrogen-bond acceptors (Lipinski definition) is 3. The van der Waals surface area contributed by atoms with E-state index >= 15 is 0 Å². The molecule has 2 rings (SSSR count). The van der Waals surface area contributed by atoms with Gasteiger partial charge in [-0.3, -0.25) is 4.72 Å². The molecule has 0 aliphatic heterocycles. The Morgan fingerprint density at radius 3 is 2.55 bits per heavy atom. The quantitative estimate of drug-likeness (QED) is 0.855. The molecule has 106 valence electrons. The van der Waals surface area contributed by atoms with E-state index in [-0.39, 0.29) is 21.3 Å². The predicted octanol–water partition coefficient (Wildman–Crippen LogP) is 3.17. The lowest BCUT2D eigenvalue weighted by Gasteiger charge is -2.12. The molecule has 20 heavy (non-hydrogen) atoms. The van der Waals surface area contributed by atoms with Crippen molar-refractivity contribution in [3.8, 4) is 0 Å². The highest BCUT2D eigenvalue weighted by Crippen LogP contribution is 2.26. The molecule has 0 aliphatic rings. The van der Waals surface area contributed by atoms with E-state index in [4.69, 9.17) is 17.3 Å². The number of nitrogens with one attached hydrogen (secondary N) is 1. The minimum Gasteiger partial charge on any atom is -0.397 e. The van der Waals surface area contributed by atoms with Gasteiger partial charge in [0.05, 0.1) is 21.3 Å².